The first-order chi connectivity index (χ1) is 16.2. The predicted molar refractivity (Wildman–Crippen MR) is 121 cm³/mol. The van der Waals surface area contributed by atoms with Crippen molar-refractivity contribution in [2.75, 3.05) is 13.7 Å². The fraction of sp³-hybridized carbons (Fsp3) is 0.120. The fourth-order valence-electron chi connectivity index (χ4n) is 3.43. The lowest BCUT2D eigenvalue weighted by Crippen LogP contribution is -2.16. The number of alkyl halides is 3. The molecule has 0 saturated carbocycles. The van der Waals surface area contributed by atoms with E-state index in [0.717, 1.165) is 6.07 Å². The van der Waals surface area contributed by atoms with Gasteiger partial charge in [0.05, 0.1) is 18.1 Å². The lowest BCUT2D eigenvalue weighted by molar-refractivity contribution is -0.152. The molecule has 0 aliphatic heterocycles. The molecule has 0 unspecified atom stereocenters. The number of rotatable bonds is 6. The van der Waals surface area contributed by atoms with Gasteiger partial charge in [-0.2, -0.15) is 13.2 Å². The molecule has 0 aliphatic carbocycles. The van der Waals surface area contributed by atoms with Gasteiger partial charge in [-0.1, -0.05) is 29.8 Å². The zero-order valence-corrected chi connectivity index (χ0v) is 18.4. The molecule has 0 bridgehead atoms. The second kappa shape index (κ2) is 9.23. The maximum absolute atomic E-state index is 13.9. The maximum Gasteiger partial charge on any atom is 0.450 e. The summed E-state index contributed by atoms with van der Waals surface area (Å²) in [5.41, 5.74) is -1.53. The van der Waals surface area contributed by atoms with E-state index in [4.69, 9.17) is 25.5 Å². The largest absolute Gasteiger partial charge is 0.496 e. The summed E-state index contributed by atoms with van der Waals surface area (Å²) < 4.78 is 57.4. The monoisotopic (exact) mass is 488 g/mol. The third kappa shape index (κ3) is 4.63. The number of carbonyl (C=O) groups excluding carboxylic acids is 1. The predicted octanol–water partition coefficient (Wildman–Crippen LogP) is 6.40. The molecule has 4 aromatic rings. The number of carbonyl (C=O) groups is 1. The van der Waals surface area contributed by atoms with Crippen LogP contribution in [0.15, 0.2) is 75.9 Å². The number of ketones is 1. The van der Waals surface area contributed by atoms with E-state index in [0.29, 0.717) is 10.6 Å². The summed E-state index contributed by atoms with van der Waals surface area (Å²) in [6.07, 6.45) is -4.95. The van der Waals surface area contributed by atoms with Gasteiger partial charge in [-0.25, -0.2) is 0 Å². The Kier molecular flexibility index (Phi) is 6.34. The summed E-state index contributed by atoms with van der Waals surface area (Å²) in [6, 6.07) is 15.9. The van der Waals surface area contributed by atoms with Crippen LogP contribution in [0.25, 0.3) is 22.1 Å². The van der Waals surface area contributed by atoms with Crippen molar-refractivity contribution in [3.8, 4) is 22.6 Å². The average Bonchev–Trinajstić information content (AvgIpc) is 2.82. The Morgan fingerprint density at radius 3 is 2.41 bits per heavy atom. The molecular weight excluding hydrogens is 473 g/mol. The van der Waals surface area contributed by atoms with Crippen LogP contribution in [0.4, 0.5) is 13.2 Å². The molecule has 174 valence electrons. The number of fused-ring (bicyclic) bond motifs is 1. The SMILES string of the molecule is COc1ccccc1-c1c(C(F)(F)F)oc2cc(OCC(=O)c3ccc(Cl)cc3)ccc2c1=O. The minimum absolute atomic E-state index is 0.0399. The summed E-state index contributed by atoms with van der Waals surface area (Å²) in [7, 11) is 1.30. The van der Waals surface area contributed by atoms with Crippen molar-refractivity contribution < 1.29 is 31.9 Å². The van der Waals surface area contributed by atoms with Crippen molar-refractivity contribution >= 4 is 28.4 Å². The van der Waals surface area contributed by atoms with Crippen molar-refractivity contribution in [1.29, 1.82) is 0 Å². The Hall–Kier alpha value is -3.78. The molecule has 0 saturated heterocycles. The van der Waals surface area contributed by atoms with E-state index < -0.39 is 22.9 Å². The van der Waals surface area contributed by atoms with Gasteiger partial charge in [0.15, 0.2) is 12.4 Å². The molecule has 0 atom stereocenters. The van der Waals surface area contributed by atoms with Crippen LogP contribution >= 0.6 is 11.6 Å². The summed E-state index contributed by atoms with van der Waals surface area (Å²) in [6.45, 7) is -0.372. The van der Waals surface area contributed by atoms with Gasteiger partial charge in [0, 0.05) is 22.2 Å². The van der Waals surface area contributed by atoms with Gasteiger partial charge in [-0.05, 0) is 42.5 Å². The number of ether oxygens (including phenoxy) is 2. The number of methoxy groups -OCH3 is 1. The van der Waals surface area contributed by atoms with Crippen LogP contribution in [0.2, 0.25) is 5.02 Å². The standard InChI is InChI=1S/C25H16ClF3O5/c1-32-20-5-3-2-4-17(20)22-23(31)18-11-10-16(12-21(18)34-24(22)25(27,28)29)33-13-19(30)14-6-8-15(26)9-7-14/h2-12H,13H2,1H3. The molecule has 5 nitrogen and oxygen atoms in total. The first-order valence-electron chi connectivity index (χ1n) is 9.92. The van der Waals surface area contributed by atoms with Gasteiger partial charge in [0.1, 0.15) is 17.1 Å². The normalized spacial score (nSPS) is 11.4. The third-order valence-electron chi connectivity index (χ3n) is 5.03. The van der Waals surface area contributed by atoms with Crippen LogP contribution in [-0.4, -0.2) is 19.5 Å². The Labute approximate surface area is 196 Å². The molecule has 0 aliphatic rings. The number of benzene rings is 3. The van der Waals surface area contributed by atoms with E-state index in [2.05, 4.69) is 0 Å². The Bertz CT molecular complexity index is 1430. The lowest BCUT2D eigenvalue weighted by Gasteiger charge is -2.15. The third-order valence-corrected chi connectivity index (χ3v) is 5.29. The number of hydrogen-bond acceptors (Lipinski definition) is 5. The summed E-state index contributed by atoms with van der Waals surface area (Å²) in [4.78, 5) is 25.4. The van der Waals surface area contributed by atoms with E-state index in [1.54, 1.807) is 18.2 Å². The van der Waals surface area contributed by atoms with Crippen LogP contribution in [0.3, 0.4) is 0 Å². The molecule has 0 fully saturated rings. The molecule has 3 aromatic carbocycles. The van der Waals surface area contributed by atoms with E-state index in [9.17, 15) is 22.8 Å². The molecular formula is C25H16ClF3O5. The van der Waals surface area contributed by atoms with E-state index in [1.807, 2.05) is 0 Å². The summed E-state index contributed by atoms with van der Waals surface area (Å²) in [5, 5.41) is 0.389. The van der Waals surface area contributed by atoms with Crippen LogP contribution in [0.1, 0.15) is 16.1 Å². The average molecular weight is 489 g/mol. The van der Waals surface area contributed by atoms with Gasteiger partial charge >= 0.3 is 6.18 Å². The summed E-state index contributed by atoms with van der Waals surface area (Å²) in [5.74, 6) is -1.65. The molecule has 1 heterocycles. The molecule has 1 aromatic heterocycles. The van der Waals surface area contributed by atoms with Crippen molar-refractivity contribution in [1.82, 2.24) is 0 Å². The van der Waals surface area contributed by atoms with Gasteiger partial charge < -0.3 is 13.9 Å². The van der Waals surface area contributed by atoms with Crippen molar-refractivity contribution in [3.63, 3.8) is 0 Å². The zero-order chi connectivity index (χ0) is 24.5. The highest BCUT2D eigenvalue weighted by Crippen LogP contribution is 2.40. The number of Topliss-reactive ketones (excluding diaryl/α,β-unsaturated/α-hetero) is 1. The Morgan fingerprint density at radius 2 is 1.74 bits per heavy atom. The zero-order valence-electron chi connectivity index (χ0n) is 17.6. The summed E-state index contributed by atoms with van der Waals surface area (Å²) >= 11 is 5.80. The fourth-order valence-corrected chi connectivity index (χ4v) is 3.55. The number of hydrogen-bond donors (Lipinski definition) is 0. The van der Waals surface area contributed by atoms with Crippen LogP contribution in [0, 0.1) is 0 Å². The van der Waals surface area contributed by atoms with Crippen molar-refractivity contribution in [2.45, 2.75) is 6.18 Å². The van der Waals surface area contributed by atoms with Gasteiger partial charge in [0.25, 0.3) is 0 Å². The molecule has 4 rings (SSSR count). The molecule has 34 heavy (non-hydrogen) atoms. The number of halogens is 4. The minimum Gasteiger partial charge on any atom is -0.496 e. The number of para-hydroxylation sites is 1. The van der Waals surface area contributed by atoms with Gasteiger partial charge in [0.2, 0.25) is 11.2 Å². The highest BCUT2D eigenvalue weighted by atomic mass is 35.5. The minimum atomic E-state index is -4.95. The van der Waals surface area contributed by atoms with E-state index in [1.165, 1.54) is 49.6 Å². The van der Waals surface area contributed by atoms with Crippen molar-refractivity contribution in [2.24, 2.45) is 0 Å². The first kappa shape index (κ1) is 23.4. The van der Waals surface area contributed by atoms with Crippen molar-refractivity contribution in [3.05, 3.63) is 93.3 Å². The molecule has 0 spiro atoms. The molecule has 0 amide bonds. The maximum atomic E-state index is 13.9. The molecule has 9 heteroatoms. The second-order valence-electron chi connectivity index (χ2n) is 7.21. The Balaban J connectivity index is 1.74. The van der Waals surface area contributed by atoms with Crippen LogP contribution in [-0.2, 0) is 6.18 Å². The van der Waals surface area contributed by atoms with E-state index >= 15 is 0 Å². The van der Waals surface area contributed by atoms with Crippen LogP contribution in [0.5, 0.6) is 11.5 Å². The molecule has 0 radical (unpaired) electrons. The quantitative estimate of drug-likeness (QED) is 0.294. The second-order valence-corrected chi connectivity index (χ2v) is 7.65. The first-order valence-corrected chi connectivity index (χ1v) is 10.3. The topological polar surface area (TPSA) is 65.7 Å². The highest BCUT2D eigenvalue weighted by Gasteiger charge is 2.40. The highest BCUT2D eigenvalue weighted by molar-refractivity contribution is 6.30. The van der Waals surface area contributed by atoms with Gasteiger partial charge in [-0.15, -0.1) is 0 Å². The van der Waals surface area contributed by atoms with Gasteiger partial charge in [-0.3, -0.25) is 9.59 Å². The molecule has 0 N–H and O–H groups in total. The lowest BCUT2D eigenvalue weighted by atomic mass is 10.0. The Morgan fingerprint density at radius 1 is 1.03 bits per heavy atom. The van der Waals surface area contributed by atoms with Crippen LogP contribution < -0.4 is 14.9 Å². The van der Waals surface area contributed by atoms with E-state index in [-0.39, 0.29) is 40.4 Å². The smallest absolute Gasteiger partial charge is 0.450 e.